The molecule has 0 radical (unpaired) electrons. The summed E-state index contributed by atoms with van der Waals surface area (Å²) in [6, 6.07) is 7.64. The summed E-state index contributed by atoms with van der Waals surface area (Å²) in [5.41, 5.74) is 6.52. The maximum Gasteiger partial charge on any atom is 0.134 e. The van der Waals surface area contributed by atoms with Gasteiger partial charge < -0.3 is 14.9 Å². The first-order valence-corrected chi connectivity index (χ1v) is 6.62. The molecule has 0 amide bonds. The lowest BCUT2D eigenvalue weighted by Crippen LogP contribution is -2.02. The Bertz CT molecular complexity index is 511. The highest BCUT2D eigenvalue weighted by Gasteiger charge is 2.07. The number of rotatable bonds is 4. The molecule has 3 nitrogen and oxygen atoms in total. The van der Waals surface area contributed by atoms with Crippen molar-refractivity contribution in [3.05, 3.63) is 50.8 Å². The number of ether oxygens (including phenoxy) is 1. The lowest BCUT2D eigenvalue weighted by atomic mass is 10.2. The van der Waals surface area contributed by atoms with Crippen LogP contribution in [0.3, 0.4) is 0 Å². The van der Waals surface area contributed by atoms with Crippen molar-refractivity contribution >= 4 is 31.9 Å². The highest BCUT2D eigenvalue weighted by atomic mass is 79.9. The predicted octanol–water partition coefficient (Wildman–Crippen LogP) is 3.84. The minimum absolute atomic E-state index is 0.382. The molecule has 1 heterocycles. The quantitative estimate of drug-likeness (QED) is 0.900. The van der Waals surface area contributed by atoms with Crippen LogP contribution in [0.2, 0.25) is 0 Å². The number of benzene rings is 1. The molecule has 0 bridgehead atoms. The Morgan fingerprint density at radius 2 is 2.06 bits per heavy atom. The minimum Gasteiger partial charge on any atom is -0.488 e. The molecule has 17 heavy (non-hydrogen) atoms. The zero-order valence-electron chi connectivity index (χ0n) is 8.95. The van der Waals surface area contributed by atoms with E-state index in [9.17, 15) is 0 Å². The minimum atomic E-state index is 0.382. The van der Waals surface area contributed by atoms with Crippen LogP contribution in [-0.2, 0) is 13.2 Å². The van der Waals surface area contributed by atoms with Crippen LogP contribution in [0.5, 0.6) is 5.75 Å². The number of hydrogen-bond donors (Lipinski definition) is 1. The largest absolute Gasteiger partial charge is 0.488 e. The summed E-state index contributed by atoms with van der Waals surface area (Å²) in [6.07, 6.45) is 1.62. The van der Waals surface area contributed by atoms with Gasteiger partial charge >= 0.3 is 0 Å². The van der Waals surface area contributed by atoms with Crippen molar-refractivity contribution in [3.63, 3.8) is 0 Å². The number of furan rings is 1. The van der Waals surface area contributed by atoms with Crippen LogP contribution in [0.15, 0.2) is 43.9 Å². The summed E-state index contributed by atoms with van der Waals surface area (Å²) in [5, 5.41) is 0. The molecule has 0 spiro atoms. The summed E-state index contributed by atoms with van der Waals surface area (Å²) < 4.78 is 12.8. The van der Waals surface area contributed by atoms with Crippen molar-refractivity contribution in [2.24, 2.45) is 5.73 Å². The lowest BCUT2D eigenvalue weighted by Gasteiger charge is -2.08. The molecule has 0 unspecified atom stereocenters. The first-order chi connectivity index (χ1) is 8.20. The van der Waals surface area contributed by atoms with Crippen molar-refractivity contribution in [1.29, 1.82) is 0 Å². The van der Waals surface area contributed by atoms with Gasteiger partial charge in [-0.3, -0.25) is 0 Å². The fourth-order valence-corrected chi connectivity index (χ4v) is 2.58. The van der Waals surface area contributed by atoms with Crippen molar-refractivity contribution < 1.29 is 9.15 Å². The highest BCUT2D eigenvalue weighted by Crippen LogP contribution is 2.29. The van der Waals surface area contributed by atoms with Crippen molar-refractivity contribution in [2.45, 2.75) is 13.2 Å². The van der Waals surface area contributed by atoms with Crippen LogP contribution < -0.4 is 10.5 Å². The predicted molar refractivity (Wildman–Crippen MR) is 72.8 cm³/mol. The Morgan fingerprint density at radius 3 is 2.76 bits per heavy atom. The molecule has 0 saturated carbocycles. The Kier molecular flexibility index (Phi) is 4.25. The third kappa shape index (κ3) is 3.12. The zero-order valence-corrected chi connectivity index (χ0v) is 12.1. The number of halogens is 2. The van der Waals surface area contributed by atoms with E-state index < -0.39 is 0 Å². The van der Waals surface area contributed by atoms with Gasteiger partial charge in [0.15, 0.2) is 0 Å². The van der Waals surface area contributed by atoms with E-state index in [1.165, 1.54) is 0 Å². The second kappa shape index (κ2) is 5.71. The van der Waals surface area contributed by atoms with E-state index in [4.69, 9.17) is 14.9 Å². The van der Waals surface area contributed by atoms with E-state index in [-0.39, 0.29) is 0 Å². The maximum absolute atomic E-state index is 5.70. The van der Waals surface area contributed by atoms with Crippen LogP contribution in [0.25, 0.3) is 0 Å². The van der Waals surface area contributed by atoms with Crippen molar-refractivity contribution in [1.82, 2.24) is 0 Å². The first kappa shape index (κ1) is 12.7. The Morgan fingerprint density at radius 1 is 1.24 bits per heavy atom. The molecule has 0 aliphatic carbocycles. The maximum atomic E-state index is 5.70. The van der Waals surface area contributed by atoms with E-state index >= 15 is 0 Å². The second-order valence-electron chi connectivity index (χ2n) is 3.44. The average Bonchev–Trinajstić information content (AvgIpc) is 2.75. The SMILES string of the molecule is NCc1occc1COc1ccc(Br)cc1Br. The summed E-state index contributed by atoms with van der Waals surface area (Å²) in [7, 11) is 0. The first-order valence-electron chi connectivity index (χ1n) is 5.04. The lowest BCUT2D eigenvalue weighted by molar-refractivity contribution is 0.300. The van der Waals surface area contributed by atoms with Crippen LogP contribution in [-0.4, -0.2) is 0 Å². The van der Waals surface area contributed by atoms with Gasteiger partial charge in [-0.2, -0.15) is 0 Å². The third-order valence-corrected chi connectivity index (χ3v) is 3.41. The summed E-state index contributed by atoms with van der Waals surface area (Å²) in [5.74, 6) is 1.55. The van der Waals surface area contributed by atoms with Gasteiger partial charge in [0.25, 0.3) is 0 Å². The molecule has 2 N–H and O–H groups in total. The Labute approximate surface area is 116 Å². The fourth-order valence-electron chi connectivity index (χ4n) is 1.42. The molecular weight excluding hydrogens is 350 g/mol. The number of nitrogens with two attached hydrogens (primary N) is 1. The van der Waals surface area contributed by atoms with Crippen molar-refractivity contribution in [2.75, 3.05) is 0 Å². The topological polar surface area (TPSA) is 48.4 Å². The van der Waals surface area contributed by atoms with Gasteiger partial charge in [0.05, 0.1) is 17.3 Å². The van der Waals surface area contributed by atoms with Crippen LogP contribution in [0, 0.1) is 0 Å². The molecule has 0 fully saturated rings. The molecule has 0 aliphatic heterocycles. The van der Waals surface area contributed by atoms with Crippen LogP contribution >= 0.6 is 31.9 Å². The van der Waals surface area contributed by atoms with E-state index in [0.717, 1.165) is 26.0 Å². The van der Waals surface area contributed by atoms with Crippen molar-refractivity contribution in [3.8, 4) is 5.75 Å². The van der Waals surface area contributed by atoms with Gasteiger partial charge in [0.2, 0.25) is 0 Å². The summed E-state index contributed by atoms with van der Waals surface area (Å²) in [6.45, 7) is 0.830. The molecule has 1 aromatic carbocycles. The normalized spacial score (nSPS) is 10.5. The van der Waals surface area contributed by atoms with Crippen LogP contribution in [0.4, 0.5) is 0 Å². The molecule has 1 aromatic heterocycles. The molecular formula is C12H11Br2NO2. The zero-order chi connectivity index (χ0) is 12.3. The molecule has 90 valence electrons. The van der Waals surface area contributed by atoms with Gasteiger partial charge in [-0.15, -0.1) is 0 Å². The van der Waals surface area contributed by atoms with Gasteiger partial charge in [0.1, 0.15) is 18.1 Å². The van der Waals surface area contributed by atoms with E-state index in [1.54, 1.807) is 6.26 Å². The molecule has 0 atom stereocenters. The molecule has 2 aromatic rings. The molecule has 0 aliphatic rings. The third-order valence-electron chi connectivity index (χ3n) is 2.30. The Hall–Kier alpha value is -0.780. The van der Waals surface area contributed by atoms with Gasteiger partial charge in [-0.05, 0) is 40.2 Å². The molecule has 5 heteroatoms. The van der Waals surface area contributed by atoms with E-state index in [1.807, 2.05) is 24.3 Å². The summed E-state index contributed by atoms with van der Waals surface area (Å²) >= 11 is 6.84. The Balaban J connectivity index is 2.07. The fraction of sp³-hybridized carbons (Fsp3) is 0.167. The van der Waals surface area contributed by atoms with Gasteiger partial charge in [0, 0.05) is 10.0 Å². The van der Waals surface area contributed by atoms with Gasteiger partial charge in [-0.1, -0.05) is 15.9 Å². The van der Waals surface area contributed by atoms with Gasteiger partial charge in [-0.25, -0.2) is 0 Å². The second-order valence-corrected chi connectivity index (χ2v) is 5.21. The monoisotopic (exact) mass is 359 g/mol. The van der Waals surface area contributed by atoms with Crippen LogP contribution in [0.1, 0.15) is 11.3 Å². The standard InChI is InChI=1S/C12H11Br2NO2/c13-9-1-2-11(10(14)5-9)17-7-8-3-4-16-12(8)6-15/h1-5H,6-7,15H2. The average molecular weight is 361 g/mol. The highest BCUT2D eigenvalue weighted by molar-refractivity contribution is 9.11. The number of hydrogen-bond acceptors (Lipinski definition) is 3. The van der Waals surface area contributed by atoms with E-state index in [0.29, 0.717) is 13.2 Å². The van der Waals surface area contributed by atoms with E-state index in [2.05, 4.69) is 31.9 Å². The summed E-state index contributed by atoms with van der Waals surface area (Å²) in [4.78, 5) is 0. The molecule has 2 rings (SSSR count). The molecule has 0 saturated heterocycles. The smallest absolute Gasteiger partial charge is 0.134 e.